The van der Waals surface area contributed by atoms with Crippen molar-refractivity contribution in [1.82, 2.24) is 14.4 Å². The SMILES string of the molecule is CC.CC.COc1ccc(CN2CC(C3CCN(C(=O)OC(C)(C)C)CC3)n3cc(C)cc3C2=O)c(OC)c1. The highest BCUT2D eigenvalue weighted by atomic mass is 16.6. The van der Waals surface area contributed by atoms with Gasteiger partial charge in [0.1, 0.15) is 22.8 Å². The molecule has 0 bridgehead atoms. The van der Waals surface area contributed by atoms with E-state index in [1.54, 1.807) is 19.1 Å². The molecule has 1 fully saturated rings. The van der Waals surface area contributed by atoms with Crippen LogP contribution in [0.1, 0.15) is 89.0 Å². The van der Waals surface area contributed by atoms with Crippen molar-refractivity contribution >= 4 is 12.0 Å². The summed E-state index contributed by atoms with van der Waals surface area (Å²) in [7, 11) is 3.25. The molecular formula is C31H49N3O5. The summed E-state index contributed by atoms with van der Waals surface area (Å²) in [6.07, 6.45) is 3.58. The summed E-state index contributed by atoms with van der Waals surface area (Å²) in [6.45, 7) is 18.1. The van der Waals surface area contributed by atoms with Crippen molar-refractivity contribution in [2.45, 2.75) is 86.4 Å². The van der Waals surface area contributed by atoms with Gasteiger partial charge in [0.2, 0.25) is 0 Å². The van der Waals surface area contributed by atoms with Gasteiger partial charge in [0.15, 0.2) is 0 Å². The summed E-state index contributed by atoms with van der Waals surface area (Å²) < 4.78 is 18.6. The van der Waals surface area contributed by atoms with Gasteiger partial charge in [-0.15, -0.1) is 0 Å². The Morgan fingerprint density at radius 1 is 1.00 bits per heavy atom. The number of benzene rings is 1. The number of aryl methyl sites for hydroxylation is 1. The molecule has 1 aromatic carbocycles. The summed E-state index contributed by atoms with van der Waals surface area (Å²) >= 11 is 0. The molecule has 2 aliphatic heterocycles. The Balaban J connectivity index is 0.00000127. The molecule has 2 aliphatic rings. The minimum atomic E-state index is -0.502. The maximum Gasteiger partial charge on any atom is 0.410 e. The molecule has 1 saturated heterocycles. The van der Waals surface area contributed by atoms with Gasteiger partial charge in [-0.05, 0) is 70.2 Å². The van der Waals surface area contributed by atoms with Crippen LogP contribution in [-0.4, -0.2) is 65.8 Å². The molecule has 8 nitrogen and oxygen atoms in total. The third-order valence-electron chi connectivity index (χ3n) is 6.85. The predicted molar refractivity (Wildman–Crippen MR) is 156 cm³/mol. The standard InChI is InChI=1S/C27H37N3O5.2C2H6/c1-18-13-22-25(31)29(16-20-7-8-21(33-5)14-24(20)34-6)17-23(30(22)15-18)19-9-11-28(12-10-19)26(32)35-27(2,3)4;2*1-2/h7-8,13-15,19,23H,9-12,16-17H2,1-6H3;2*1-2H3. The van der Waals surface area contributed by atoms with E-state index in [0.717, 1.165) is 35.4 Å². The quantitative estimate of drug-likeness (QED) is 0.419. The first-order valence-electron chi connectivity index (χ1n) is 14.3. The first-order chi connectivity index (χ1) is 18.6. The number of hydrogen-bond acceptors (Lipinski definition) is 5. The van der Waals surface area contributed by atoms with E-state index in [0.29, 0.717) is 37.8 Å². The van der Waals surface area contributed by atoms with Crippen molar-refractivity contribution in [2.24, 2.45) is 5.92 Å². The van der Waals surface area contributed by atoms with E-state index in [1.165, 1.54) is 0 Å². The number of likely N-dealkylation sites (tertiary alicyclic amines) is 1. The van der Waals surface area contributed by atoms with Crippen LogP contribution in [0.4, 0.5) is 4.79 Å². The van der Waals surface area contributed by atoms with E-state index in [9.17, 15) is 9.59 Å². The Labute approximate surface area is 235 Å². The Morgan fingerprint density at radius 2 is 1.64 bits per heavy atom. The largest absolute Gasteiger partial charge is 0.497 e. The lowest BCUT2D eigenvalue weighted by Crippen LogP contribution is -2.48. The number of amides is 2. The van der Waals surface area contributed by atoms with E-state index in [-0.39, 0.29) is 18.0 Å². The van der Waals surface area contributed by atoms with Gasteiger partial charge in [-0.1, -0.05) is 27.7 Å². The zero-order chi connectivity index (χ0) is 29.3. The van der Waals surface area contributed by atoms with Gasteiger partial charge in [0.05, 0.1) is 20.3 Å². The average Bonchev–Trinajstić information content (AvgIpc) is 3.33. The fraction of sp³-hybridized carbons (Fsp3) is 0.613. The van der Waals surface area contributed by atoms with Gasteiger partial charge >= 0.3 is 6.09 Å². The lowest BCUT2D eigenvalue weighted by Gasteiger charge is -2.42. The van der Waals surface area contributed by atoms with Crippen molar-refractivity contribution in [2.75, 3.05) is 33.9 Å². The van der Waals surface area contributed by atoms with Gasteiger partial charge in [-0.3, -0.25) is 4.79 Å². The molecular weight excluding hydrogens is 494 g/mol. The van der Waals surface area contributed by atoms with Crippen molar-refractivity contribution in [3.05, 3.63) is 47.3 Å². The fourth-order valence-corrected chi connectivity index (χ4v) is 5.12. The number of piperidine rings is 1. The molecule has 0 radical (unpaired) electrons. The molecule has 3 heterocycles. The van der Waals surface area contributed by atoms with E-state index in [2.05, 4.69) is 10.8 Å². The number of rotatable bonds is 5. The third-order valence-corrected chi connectivity index (χ3v) is 6.85. The number of fused-ring (bicyclic) bond motifs is 1. The molecule has 4 rings (SSSR count). The van der Waals surface area contributed by atoms with Gasteiger partial charge in [0, 0.05) is 44.0 Å². The molecule has 1 unspecified atom stereocenters. The average molecular weight is 544 g/mol. The van der Waals surface area contributed by atoms with Crippen molar-refractivity contribution in [3.8, 4) is 11.5 Å². The Kier molecular flexibility index (Phi) is 11.7. The Bertz CT molecular complexity index is 1080. The van der Waals surface area contributed by atoms with Crippen LogP contribution in [0.25, 0.3) is 0 Å². The number of carbonyl (C=O) groups is 2. The Morgan fingerprint density at radius 3 is 2.21 bits per heavy atom. The second-order valence-corrected chi connectivity index (χ2v) is 10.5. The highest BCUT2D eigenvalue weighted by Gasteiger charge is 2.38. The molecule has 8 heteroatoms. The van der Waals surface area contributed by atoms with Gasteiger partial charge in [-0.2, -0.15) is 0 Å². The molecule has 0 saturated carbocycles. The fourth-order valence-electron chi connectivity index (χ4n) is 5.12. The van der Waals surface area contributed by atoms with E-state index in [4.69, 9.17) is 14.2 Å². The maximum atomic E-state index is 13.4. The minimum Gasteiger partial charge on any atom is -0.497 e. The maximum absolute atomic E-state index is 13.4. The molecule has 0 N–H and O–H groups in total. The molecule has 218 valence electrons. The summed E-state index contributed by atoms with van der Waals surface area (Å²) in [4.78, 5) is 29.7. The van der Waals surface area contributed by atoms with Crippen molar-refractivity contribution in [3.63, 3.8) is 0 Å². The molecule has 2 aromatic rings. The zero-order valence-corrected chi connectivity index (χ0v) is 25.7. The lowest BCUT2D eigenvalue weighted by molar-refractivity contribution is 0.0144. The number of aromatic nitrogens is 1. The number of carbonyl (C=O) groups excluding carboxylic acids is 2. The van der Waals surface area contributed by atoms with Crippen LogP contribution in [-0.2, 0) is 11.3 Å². The van der Waals surface area contributed by atoms with Crippen molar-refractivity contribution < 1.29 is 23.8 Å². The van der Waals surface area contributed by atoms with E-state index in [1.807, 2.05) is 84.6 Å². The normalized spacial score (nSPS) is 17.3. The topological polar surface area (TPSA) is 73.2 Å². The van der Waals surface area contributed by atoms with Crippen LogP contribution >= 0.6 is 0 Å². The highest BCUT2D eigenvalue weighted by molar-refractivity contribution is 5.94. The van der Waals surface area contributed by atoms with Crippen LogP contribution in [0, 0.1) is 12.8 Å². The second-order valence-electron chi connectivity index (χ2n) is 10.5. The lowest BCUT2D eigenvalue weighted by atomic mass is 9.87. The minimum absolute atomic E-state index is 0.0263. The molecule has 0 aliphatic carbocycles. The number of methoxy groups -OCH3 is 2. The van der Waals surface area contributed by atoms with Crippen LogP contribution in [0.15, 0.2) is 30.5 Å². The van der Waals surface area contributed by atoms with Gasteiger partial charge in [-0.25, -0.2) is 4.79 Å². The summed E-state index contributed by atoms with van der Waals surface area (Å²) in [5.41, 5.74) is 2.24. The molecule has 1 aromatic heterocycles. The summed E-state index contributed by atoms with van der Waals surface area (Å²) in [5.74, 6) is 1.80. The number of ether oxygens (including phenoxy) is 3. The highest BCUT2D eigenvalue weighted by Crippen LogP contribution is 2.36. The smallest absolute Gasteiger partial charge is 0.410 e. The van der Waals surface area contributed by atoms with Gasteiger partial charge < -0.3 is 28.6 Å². The first-order valence-corrected chi connectivity index (χ1v) is 14.3. The second kappa shape index (κ2) is 14.3. The van der Waals surface area contributed by atoms with Crippen molar-refractivity contribution in [1.29, 1.82) is 0 Å². The molecule has 2 amide bonds. The number of nitrogens with zero attached hydrogens (tertiary/aromatic N) is 3. The van der Waals surface area contributed by atoms with Crippen LogP contribution in [0.2, 0.25) is 0 Å². The van der Waals surface area contributed by atoms with Crippen LogP contribution in [0.3, 0.4) is 0 Å². The monoisotopic (exact) mass is 543 g/mol. The Hall–Kier alpha value is -3.16. The molecule has 0 spiro atoms. The molecule has 1 atom stereocenters. The number of hydrogen-bond donors (Lipinski definition) is 0. The van der Waals surface area contributed by atoms with E-state index >= 15 is 0 Å². The predicted octanol–water partition coefficient (Wildman–Crippen LogP) is 6.71. The van der Waals surface area contributed by atoms with Crippen LogP contribution < -0.4 is 9.47 Å². The van der Waals surface area contributed by atoms with Crippen LogP contribution in [0.5, 0.6) is 11.5 Å². The van der Waals surface area contributed by atoms with Gasteiger partial charge in [0.25, 0.3) is 5.91 Å². The van der Waals surface area contributed by atoms with E-state index < -0.39 is 5.60 Å². The summed E-state index contributed by atoms with van der Waals surface area (Å²) in [5, 5.41) is 0. The first kappa shape index (κ1) is 32.1. The third kappa shape index (κ3) is 7.93. The zero-order valence-electron chi connectivity index (χ0n) is 25.7. The summed E-state index contributed by atoms with van der Waals surface area (Å²) in [6, 6.07) is 7.82. The molecule has 39 heavy (non-hydrogen) atoms.